The molecule has 1 aromatic heterocycles. The summed E-state index contributed by atoms with van der Waals surface area (Å²) in [5, 5.41) is 2.01. The molecule has 120 valence electrons. The van der Waals surface area contributed by atoms with Crippen LogP contribution in [0.2, 0.25) is 0 Å². The minimum Gasteiger partial charge on any atom is -0.340 e. The second kappa shape index (κ2) is 6.38. The summed E-state index contributed by atoms with van der Waals surface area (Å²) >= 11 is 1.63. The molecule has 2 saturated heterocycles. The fourth-order valence-corrected chi connectivity index (χ4v) is 4.34. The van der Waals surface area contributed by atoms with Gasteiger partial charge in [0.15, 0.2) is 0 Å². The van der Waals surface area contributed by atoms with Gasteiger partial charge in [-0.15, -0.1) is 11.3 Å². The molecule has 0 saturated carbocycles. The van der Waals surface area contributed by atoms with E-state index in [2.05, 4.69) is 11.9 Å². The van der Waals surface area contributed by atoms with Gasteiger partial charge in [-0.05, 0) is 24.9 Å². The molecular weight excluding hydrogens is 298 g/mol. The van der Waals surface area contributed by atoms with Crippen molar-refractivity contribution in [3.05, 3.63) is 22.4 Å². The van der Waals surface area contributed by atoms with E-state index < -0.39 is 0 Å². The second-order valence-corrected chi connectivity index (χ2v) is 7.22. The molecule has 0 bridgehead atoms. The third-order valence-electron chi connectivity index (χ3n) is 4.83. The van der Waals surface area contributed by atoms with Crippen molar-refractivity contribution in [1.29, 1.82) is 0 Å². The third kappa shape index (κ3) is 2.90. The Morgan fingerprint density at radius 3 is 2.59 bits per heavy atom. The first-order valence-corrected chi connectivity index (χ1v) is 8.72. The summed E-state index contributed by atoms with van der Waals surface area (Å²) in [6.45, 7) is 3.44. The molecule has 0 aromatic carbocycles. The molecule has 0 aliphatic carbocycles. The highest BCUT2D eigenvalue weighted by Crippen LogP contribution is 2.38. The van der Waals surface area contributed by atoms with Gasteiger partial charge in [-0.1, -0.05) is 6.07 Å². The summed E-state index contributed by atoms with van der Waals surface area (Å²) < 4.78 is 0. The van der Waals surface area contributed by atoms with Crippen molar-refractivity contribution < 1.29 is 9.59 Å². The van der Waals surface area contributed by atoms with E-state index >= 15 is 0 Å². The molecule has 0 unspecified atom stereocenters. The maximum Gasteiger partial charge on any atom is 0.228 e. The quantitative estimate of drug-likeness (QED) is 0.828. The Balaban J connectivity index is 1.80. The van der Waals surface area contributed by atoms with Crippen LogP contribution in [0.4, 0.5) is 0 Å². The third-order valence-corrected chi connectivity index (χ3v) is 5.77. The predicted molar refractivity (Wildman–Crippen MR) is 86.6 cm³/mol. The molecule has 3 rings (SSSR count). The number of nitrogens with zero attached hydrogens (tertiary/aromatic N) is 3. The molecular formula is C16H23N3O2S. The SMILES string of the molecule is CN1CCN(C(=O)[C@@H]2CCC(=O)N(C)[C@@H]2c2cccs2)CC1. The van der Waals surface area contributed by atoms with Crippen LogP contribution in [0, 0.1) is 5.92 Å². The van der Waals surface area contributed by atoms with Crippen molar-refractivity contribution >= 4 is 23.2 Å². The van der Waals surface area contributed by atoms with E-state index in [1.165, 1.54) is 0 Å². The van der Waals surface area contributed by atoms with Crippen molar-refractivity contribution in [3.63, 3.8) is 0 Å². The first kappa shape index (κ1) is 15.5. The Morgan fingerprint density at radius 1 is 1.23 bits per heavy atom. The summed E-state index contributed by atoms with van der Waals surface area (Å²) in [5.74, 6) is 0.247. The topological polar surface area (TPSA) is 43.9 Å². The van der Waals surface area contributed by atoms with Crippen molar-refractivity contribution in [3.8, 4) is 0 Å². The van der Waals surface area contributed by atoms with Crippen LogP contribution < -0.4 is 0 Å². The highest BCUT2D eigenvalue weighted by Gasteiger charge is 2.41. The Morgan fingerprint density at radius 2 is 1.95 bits per heavy atom. The largest absolute Gasteiger partial charge is 0.340 e. The molecule has 2 aliphatic heterocycles. The normalized spacial score (nSPS) is 27.3. The molecule has 0 N–H and O–H groups in total. The zero-order valence-electron chi connectivity index (χ0n) is 13.2. The van der Waals surface area contributed by atoms with Gasteiger partial charge in [0, 0.05) is 44.5 Å². The molecule has 6 heteroatoms. The highest BCUT2D eigenvalue weighted by molar-refractivity contribution is 7.10. The van der Waals surface area contributed by atoms with Gasteiger partial charge in [-0.2, -0.15) is 0 Å². The summed E-state index contributed by atoms with van der Waals surface area (Å²) in [6.07, 6.45) is 1.14. The molecule has 1 aromatic rings. The maximum atomic E-state index is 13.0. The lowest BCUT2D eigenvalue weighted by Crippen LogP contribution is -2.52. The van der Waals surface area contributed by atoms with E-state index in [4.69, 9.17) is 0 Å². The van der Waals surface area contributed by atoms with Crippen LogP contribution in [0.5, 0.6) is 0 Å². The number of hydrogen-bond acceptors (Lipinski definition) is 4. The molecule has 2 fully saturated rings. The van der Waals surface area contributed by atoms with Crippen molar-refractivity contribution in [1.82, 2.24) is 14.7 Å². The lowest BCUT2D eigenvalue weighted by molar-refractivity contribution is -0.147. The maximum absolute atomic E-state index is 13.0. The minimum absolute atomic E-state index is 0.103. The van der Waals surface area contributed by atoms with E-state index in [0.717, 1.165) is 31.1 Å². The van der Waals surface area contributed by atoms with Gasteiger partial charge in [0.05, 0.1) is 12.0 Å². The number of likely N-dealkylation sites (tertiary alicyclic amines) is 1. The zero-order chi connectivity index (χ0) is 15.7. The van der Waals surface area contributed by atoms with Crippen molar-refractivity contribution in [2.75, 3.05) is 40.3 Å². The number of piperazine rings is 1. The number of carbonyl (C=O) groups excluding carboxylic acids is 2. The summed E-state index contributed by atoms with van der Waals surface area (Å²) in [7, 11) is 3.92. The van der Waals surface area contributed by atoms with Gasteiger partial charge in [0.25, 0.3) is 0 Å². The van der Waals surface area contributed by atoms with Gasteiger partial charge in [0.2, 0.25) is 11.8 Å². The summed E-state index contributed by atoms with van der Waals surface area (Å²) in [6, 6.07) is 3.92. The Hall–Kier alpha value is -1.40. The van der Waals surface area contributed by atoms with Crippen LogP contribution in [0.1, 0.15) is 23.8 Å². The van der Waals surface area contributed by atoms with Gasteiger partial charge in [-0.25, -0.2) is 0 Å². The molecule has 2 aliphatic rings. The molecule has 3 heterocycles. The molecule has 22 heavy (non-hydrogen) atoms. The Bertz CT molecular complexity index is 538. The number of piperidine rings is 1. The second-order valence-electron chi connectivity index (χ2n) is 6.24. The number of thiophene rings is 1. The number of likely N-dealkylation sites (N-methyl/N-ethyl adjacent to an activating group) is 1. The van der Waals surface area contributed by atoms with Crippen LogP contribution in [-0.2, 0) is 9.59 Å². The molecule has 0 radical (unpaired) electrons. The van der Waals surface area contributed by atoms with Crippen LogP contribution in [0.15, 0.2) is 17.5 Å². The van der Waals surface area contributed by atoms with E-state index in [1.54, 1.807) is 16.2 Å². The van der Waals surface area contributed by atoms with E-state index in [-0.39, 0.29) is 23.8 Å². The first-order chi connectivity index (χ1) is 10.6. The fourth-order valence-electron chi connectivity index (χ4n) is 3.41. The van der Waals surface area contributed by atoms with E-state index in [0.29, 0.717) is 12.8 Å². The molecule has 2 atom stereocenters. The van der Waals surface area contributed by atoms with Crippen LogP contribution in [0.3, 0.4) is 0 Å². The first-order valence-electron chi connectivity index (χ1n) is 7.84. The van der Waals surface area contributed by atoms with Crippen molar-refractivity contribution in [2.45, 2.75) is 18.9 Å². The van der Waals surface area contributed by atoms with Crippen LogP contribution in [-0.4, -0.2) is 66.8 Å². The van der Waals surface area contributed by atoms with Crippen LogP contribution >= 0.6 is 11.3 Å². The summed E-state index contributed by atoms with van der Waals surface area (Å²) in [4.78, 5) is 32.2. The van der Waals surface area contributed by atoms with Gasteiger partial charge < -0.3 is 14.7 Å². The molecule has 5 nitrogen and oxygen atoms in total. The number of hydrogen-bond donors (Lipinski definition) is 0. The lowest BCUT2D eigenvalue weighted by atomic mass is 9.86. The highest BCUT2D eigenvalue weighted by atomic mass is 32.1. The molecule has 2 amide bonds. The van der Waals surface area contributed by atoms with E-state index in [9.17, 15) is 9.59 Å². The van der Waals surface area contributed by atoms with E-state index in [1.807, 2.05) is 29.5 Å². The number of rotatable bonds is 2. The minimum atomic E-state index is -0.107. The average molecular weight is 321 g/mol. The van der Waals surface area contributed by atoms with Crippen LogP contribution in [0.25, 0.3) is 0 Å². The zero-order valence-corrected chi connectivity index (χ0v) is 14.0. The fraction of sp³-hybridized carbons (Fsp3) is 0.625. The monoisotopic (exact) mass is 321 g/mol. The Labute approximate surface area is 135 Å². The summed E-state index contributed by atoms with van der Waals surface area (Å²) in [5.41, 5.74) is 0. The smallest absolute Gasteiger partial charge is 0.228 e. The van der Waals surface area contributed by atoms with Gasteiger partial charge >= 0.3 is 0 Å². The van der Waals surface area contributed by atoms with Gasteiger partial charge in [0.1, 0.15) is 0 Å². The number of amides is 2. The lowest BCUT2D eigenvalue weighted by Gasteiger charge is -2.41. The average Bonchev–Trinajstić information content (AvgIpc) is 3.04. The predicted octanol–water partition coefficient (Wildman–Crippen LogP) is 1.43. The standard InChI is InChI=1S/C16H23N3O2S/c1-17-7-9-19(10-8-17)16(21)12-5-6-14(20)18(2)15(12)13-4-3-11-22-13/h3-4,11-12,15H,5-10H2,1-2H3/t12-,15+/m1/s1. The van der Waals surface area contributed by atoms with Gasteiger partial charge in [-0.3, -0.25) is 9.59 Å². The Kier molecular flexibility index (Phi) is 4.49. The molecule has 0 spiro atoms. The van der Waals surface area contributed by atoms with Crippen molar-refractivity contribution in [2.24, 2.45) is 5.92 Å². The number of carbonyl (C=O) groups is 2.